The van der Waals surface area contributed by atoms with Crippen LogP contribution < -0.4 is 0 Å². The van der Waals surface area contributed by atoms with Crippen molar-refractivity contribution in [1.29, 1.82) is 0 Å². The van der Waals surface area contributed by atoms with Gasteiger partial charge in [0.15, 0.2) is 0 Å². The molecule has 0 atom stereocenters. The van der Waals surface area contributed by atoms with E-state index in [-0.39, 0.29) is 0 Å². The zero-order chi connectivity index (χ0) is 9.83. The molecule has 12 heavy (non-hydrogen) atoms. The summed E-state index contributed by atoms with van der Waals surface area (Å²) in [4.78, 5) is 0. The van der Waals surface area contributed by atoms with Crippen LogP contribution in [0.3, 0.4) is 0 Å². The third-order valence-electron chi connectivity index (χ3n) is 1.33. The van der Waals surface area contributed by atoms with E-state index >= 15 is 0 Å². The van der Waals surface area contributed by atoms with E-state index in [1.54, 1.807) is 0 Å². The Kier molecular flexibility index (Phi) is 5.40. The number of halogens is 3. The van der Waals surface area contributed by atoms with Crippen LogP contribution in [0, 0.1) is 0 Å². The van der Waals surface area contributed by atoms with Crippen molar-refractivity contribution < 1.29 is 13.3 Å². The van der Waals surface area contributed by atoms with Crippen LogP contribution in [-0.2, 0) is 13.3 Å². The van der Waals surface area contributed by atoms with E-state index < -0.39 is 12.8 Å². The number of hydrogen-bond donors (Lipinski definition) is 0. The summed E-state index contributed by atoms with van der Waals surface area (Å²) in [6.45, 7) is 1.84. The molecule has 0 spiro atoms. The van der Waals surface area contributed by atoms with Crippen molar-refractivity contribution in [2.45, 2.75) is 16.9 Å². The predicted molar refractivity (Wildman–Crippen MR) is 51.6 cm³/mol. The maximum absolute atomic E-state index is 5.44. The van der Waals surface area contributed by atoms with E-state index in [0.29, 0.717) is 6.04 Å². The molecular formula is C5H11Cl3O3Si. The highest BCUT2D eigenvalue weighted by molar-refractivity contribution is 6.70. The van der Waals surface area contributed by atoms with E-state index in [9.17, 15) is 0 Å². The largest absolute Gasteiger partial charge is 0.503 e. The molecule has 0 amide bonds. The summed E-state index contributed by atoms with van der Waals surface area (Å²) < 4.78 is 13.4. The minimum atomic E-state index is -2.75. The third kappa shape index (κ3) is 4.27. The van der Waals surface area contributed by atoms with Gasteiger partial charge in [-0.05, 0) is 0 Å². The standard InChI is InChI=1S/C5H11Cl3O3Si/c1-4-12(9-2,10-3)11-5(6,7)8/h4H2,1-3H3. The zero-order valence-corrected chi connectivity index (χ0v) is 10.3. The molecule has 0 aliphatic heterocycles. The van der Waals surface area contributed by atoms with Crippen LogP contribution >= 0.6 is 34.8 Å². The summed E-state index contributed by atoms with van der Waals surface area (Å²) in [6, 6.07) is 0.550. The second-order valence-corrected chi connectivity index (χ2v) is 7.26. The lowest BCUT2D eigenvalue weighted by Crippen LogP contribution is -2.46. The van der Waals surface area contributed by atoms with Gasteiger partial charge in [-0.1, -0.05) is 41.7 Å². The predicted octanol–water partition coefficient (Wildman–Crippen LogP) is 2.58. The monoisotopic (exact) mass is 252 g/mol. The lowest BCUT2D eigenvalue weighted by molar-refractivity contribution is 0.0970. The van der Waals surface area contributed by atoms with Gasteiger partial charge in [-0.25, -0.2) is 0 Å². The first-order valence-corrected chi connectivity index (χ1v) is 6.33. The van der Waals surface area contributed by atoms with Gasteiger partial charge in [-0.2, -0.15) is 0 Å². The zero-order valence-electron chi connectivity index (χ0n) is 7.07. The highest BCUT2D eigenvalue weighted by Gasteiger charge is 2.44. The van der Waals surface area contributed by atoms with Gasteiger partial charge < -0.3 is 13.3 Å². The van der Waals surface area contributed by atoms with Crippen molar-refractivity contribution in [2.75, 3.05) is 14.2 Å². The van der Waals surface area contributed by atoms with Crippen molar-refractivity contribution in [3.8, 4) is 0 Å². The molecule has 0 radical (unpaired) electrons. The van der Waals surface area contributed by atoms with Crippen molar-refractivity contribution >= 4 is 43.6 Å². The Morgan fingerprint density at radius 1 is 1.17 bits per heavy atom. The van der Waals surface area contributed by atoms with E-state index in [1.165, 1.54) is 14.2 Å². The first-order chi connectivity index (χ1) is 5.39. The summed E-state index contributed by atoms with van der Waals surface area (Å²) in [7, 11) is 0.187. The van der Waals surface area contributed by atoms with Crippen molar-refractivity contribution in [2.24, 2.45) is 0 Å². The Bertz CT molecular complexity index is 126. The summed E-state index contributed by atoms with van der Waals surface area (Å²) in [5, 5.41) is 0. The molecule has 0 aromatic carbocycles. The van der Waals surface area contributed by atoms with E-state index in [4.69, 9.17) is 48.1 Å². The maximum atomic E-state index is 5.44. The third-order valence-corrected chi connectivity index (χ3v) is 4.67. The molecule has 0 aromatic heterocycles. The first kappa shape index (κ1) is 13.0. The fraction of sp³-hybridized carbons (Fsp3) is 1.00. The van der Waals surface area contributed by atoms with Crippen molar-refractivity contribution in [3.63, 3.8) is 0 Å². The van der Waals surface area contributed by atoms with Gasteiger partial charge >= 0.3 is 8.80 Å². The Labute approximate surface area is 88.2 Å². The molecule has 0 saturated carbocycles. The minimum Gasteiger partial charge on any atom is -0.377 e. The lowest BCUT2D eigenvalue weighted by atomic mass is 11.0. The van der Waals surface area contributed by atoms with E-state index in [2.05, 4.69) is 0 Å². The Hall–Kier alpha value is 0.967. The van der Waals surface area contributed by atoms with Crippen LogP contribution in [0.25, 0.3) is 0 Å². The molecule has 0 aliphatic rings. The SMILES string of the molecule is CC[Si](OC)(OC)OC(Cl)(Cl)Cl. The van der Waals surface area contributed by atoms with Gasteiger partial charge in [-0.3, -0.25) is 0 Å². The second kappa shape index (κ2) is 5.00. The molecule has 0 heterocycles. The fourth-order valence-corrected chi connectivity index (χ4v) is 3.17. The molecule has 0 saturated heterocycles. The Morgan fingerprint density at radius 2 is 1.58 bits per heavy atom. The molecule has 0 unspecified atom stereocenters. The van der Waals surface area contributed by atoms with Crippen LogP contribution in [0.15, 0.2) is 0 Å². The minimum absolute atomic E-state index is 0.550. The number of alkyl halides is 3. The summed E-state index contributed by atoms with van der Waals surface area (Å²) >= 11 is 16.3. The van der Waals surface area contributed by atoms with Crippen LogP contribution in [-0.4, -0.2) is 27.0 Å². The average Bonchev–Trinajstić information content (AvgIpc) is 1.99. The van der Waals surface area contributed by atoms with Gasteiger partial charge in [0.1, 0.15) is 0 Å². The molecule has 7 heteroatoms. The number of rotatable bonds is 4. The average molecular weight is 254 g/mol. The summed E-state index contributed by atoms with van der Waals surface area (Å²) in [5.41, 5.74) is 0. The second-order valence-electron chi connectivity index (χ2n) is 1.99. The quantitative estimate of drug-likeness (QED) is 0.569. The fourth-order valence-electron chi connectivity index (χ4n) is 0.704. The maximum Gasteiger partial charge on any atom is 0.503 e. The molecule has 0 rings (SSSR count). The van der Waals surface area contributed by atoms with Gasteiger partial charge in [0.2, 0.25) is 0 Å². The molecule has 3 nitrogen and oxygen atoms in total. The van der Waals surface area contributed by atoms with Gasteiger partial charge in [0, 0.05) is 20.3 Å². The topological polar surface area (TPSA) is 27.7 Å². The number of hydrogen-bond acceptors (Lipinski definition) is 3. The summed E-state index contributed by atoms with van der Waals surface area (Å²) in [5.74, 6) is 0. The van der Waals surface area contributed by atoms with Crippen LogP contribution in [0.5, 0.6) is 0 Å². The molecule has 0 bridgehead atoms. The van der Waals surface area contributed by atoms with Crippen LogP contribution in [0.2, 0.25) is 6.04 Å². The van der Waals surface area contributed by atoms with Crippen LogP contribution in [0.1, 0.15) is 6.92 Å². The molecule has 0 aliphatic carbocycles. The molecule has 0 aromatic rings. The van der Waals surface area contributed by atoms with Gasteiger partial charge in [0.05, 0.1) is 0 Å². The summed E-state index contributed by atoms with van der Waals surface area (Å²) in [6.07, 6.45) is 0. The van der Waals surface area contributed by atoms with Gasteiger partial charge in [0.25, 0.3) is 3.98 Å². The lowest BCUT2D eigenvalue weighted by Gasteiger charge is -2.28. The first-order valence-electron chi connectivity index (χ1n) is 3.26. The Balaban J connectivity index is 4.30. The normalized spacial score (nSPS) is 13.5. The highest BCUT2D eigenvalue weighted by Crippen LogP contribution is 2.32. The van der Waals surface area contributed by atoms with Gasteiger partial charge in [-0.15, -0.1) is 0 Å². The molecular weight excluding hydrogens is 242 g/mol. The Morgan fingerprint density at radius 3 is 1.67 bits per heavy atom. The van der Waals surface area contributed by atoms with Crippen LogP contribution in [0.4, 0.5) is 0 Å². The van der Waals surface area contributed by atoms with E-state index in [1.807, 2.05) is 6.92 Å². The van der Waals surface area contributed by atoms with E-state index in [0.717, 1.165) is 0 Å². The van der Waals surface area contributed by atoms with Crippen molar-refractivity contribution in [3.05, 3.63) is 0 Å². The molecule has 0 fully saturated rings. The van der Waals surface area contributed by atoms with Crippen molar-refractivity contribution in [1.82, 2.24) is 0 Å². The molecule has 0 N–H and O–H groups in total. The molecule has 74 valence electrons. The highest BCUT2D eigenvalue weighted by atomic mass is 35.6. The smallest absolute Gasteiger partial charge is 0.377 e.